The van der Waals surface area contributed by atoms with Gasteiger partial charge in [-0.3, -0.25) is 19.4 Å². The minimum atomic E-state index is -0.502. The van der Waals surface area contributed by atoms with E-state index in [2.05, 4.69) is 10.3 Å². The fourth-order valence-electron chi connectivity index (χ4n) is 5.36. The molecule has 3 heterocycles. The average Bonchev–Trinajstić information content (AvgIpc) is 3.48. The third kappa shape index (κ3) is 5.10. The second-order valence-corrected chi connectivity index (χ2v) is 9.75. The summed E-state index contributed by atoms with van der Waals surface area (Å²) in [5.74, 6) is -0.753. The topological polar surface area (TPSA) is 84.3 Å². The maximum atomic E-state index is 13.7. The Morgan fingerprint density at radius 3 is 2.17 bits per heavy atom. The molecule has 3 aromatic rings. The zero-order valence-electron chi connectivity index (χ0n) is 20.4. The number of likely N-dealkylation sites (tertiary alicyclic amines) is 1. The second kappa shape index (κ2) is 10.9. The lowest BCUT2D eigenvalue weighted by Gasteiger charge is -2.26. The lowest BCUT2D eigenvalue weighted by Crippen LogP contribution is -2.38. The number of hydrogen-bond donors (Lipinski definition) is 1. The van der Waals surface area contributed by atoms with E-state index >= 15 is 0 Å². The molecule has 7 heteroatoms. The zero-order valence-corrected chi connectivity index (χ0v) is 20.4. The van der Waals surface area contributed by atoms with Gasteiger partial charge >= 0.3 is 0 Å². The summed E-state index contributed by atoms with van der Waals surface area (Å²) in [6.07, 6.45) is 13.9. The summed E-state index contributed by atoms with van der Waals surface area (Å²) < 4.78 is 1.95. The van der Waals surface area contributed by atoms with Crippen LogP contribution in [0.1, 0.15) is 88.9 Å². The molecule has 36 heavy (non-hydrogen) atoms. The molecule has 1 N–H and O–H groups in total. The van der Waals surface area contributed by atoms with Crippen LogP contribution in [-0.2, 0) is 0 Å². The second-order valence-electron chi connectivity index (χ2n) is 9.75. The molecule has 0 spiro atoms. The van der Waals surface area contributed by atoms with Gasteiger partial charge in [0.25, 0.3) is 11.8 Å². The van der Waals surface area contributed by atoms with E-state index in [1.807, 2.05) is 47.0 Å². The predicted octanol–water partition coefficient (Wildman–Crippen LogP) is 4.50. The minimum Gasteiger partial charge on any atom is -0.349 e. The Morgan fingerprint density at radius 2 is 1.47 bits per heavy atom. The third-order valence-corrected chi connectivity index (χ3v) is 7.36. The van der Waals surface area contributed by atoms with Crippen molar-refractivity contribution in [1.82, 2.24) is 19.8 Å². The molecule has 5 rings (SSSR count). The number of rotatable bonds is 6. The van der Waals surface area contributed by atoms with Crippen molar-refractivity contribution in [1.29, 1.82) is 0 Å². The van der Waals surface area contributed by atoms with Crippen LogP contribution in [0.15, 0.2) is 72.0 Å². The van der Waals surface area contributed by atoms with Crippen LogP contribution in [0.4, 0.5) is 0 Å². The number of nitrogens with zero attached hydrogens (tertiary/aromatic N) is 3. The summed E-state index contributed by atoms with van der Waals surface area (Å²) >= 11 is 0. The van der Waals surface area contributed by atoms with E-state index < -0.39 is 17.4 Å². The number of amides is 2. The molecule has 0 unspecified atom stereocenters. The normalized spacial score (nSPS) is 17.1. The molecule has 1 saturated heterocycles. The molecule has 1 aromatic carbocycles. The Hall–Kier alpha value is -3.74. The molecule has 186 valence electrons. The fraction of sp³-hybridized carbons (Fsp3) is 0.379. The standard InChI is InChI=1S/C29H32N4O3/c34-27-24(28(35)31-26(21-9-3-1-4-10-21)22-13-15-30-16-14-22)19-33(23-11-5-2-6-12-23)20-25(27)29(36)32-17-7-8-18-32/h1,3-4,9-10,13-16,19-20,23,26H,2,5-8,11-12,17-18H2,(H,31,35)/t26-/m1/s1. The van der Waals surface area contributed by atoms with Crippen molar-refractivity contribution >= 4 is 11.8 Å². The number of carbonyl (C=O) groups excluding carboxylic acids is 2. The Bertz CT molecular complexity index is 1220. The monoisotopic (exact) mass is 484 g/mol. The van der Waals surface area contributed by atoms with Crippen LogP contribution in [0.5, 0.6) is 0 Å². The van der Waals surface area contributed by atoms with Crippen LogP contribution in [-0.4, -0.2) is 39.4 Å². The summed E-state index contributed by atoms with van der Waals surface area (Å²) in [5.41, 5.74) is 1.37. The lowest BCUT2D eigenvalue weighted by molar-refractivity contribution is 0.0790. The number of hydrogen-bond acceptors (Lipinski definition) is 4. The van der Waals surface area contributed by atoms with Crippen molar-refractivity contribution in [3.05, 3.63) is 99.7 Å². The summed E-state index contributed by atoms with van der Waals surface area (Å²) in [6.45, 7) is 1.30. The molecule has 0 bridgehead atoms. The van der Waals surface area contributed by atoms with Crippen molar-refractivity contribution in [3.63, 3.8) is 0 Å². The number of benzene rings is 1. The molecule has 1 aliphatic heterocycles. The van der Waals surface area contributed by atoms with Gasteiger partial charge in [-0.25, -0.2) is 0 Å². The minimum absolute atomic E-state index is 0.0145. The van der Waals surface area contributed by atoms with Crippen molar-refractivity contribution in [3.8, 4) is 0 Å². The number of nitrogens with one attached hydrogen (secondary N) is 1. The summed E-state index contributed by atoms with van der Waals surface area (Å²) in [7, 11) is 0. The van der Waals surface area contributed by atoms with Crippen LogP contribution in [0.25, 0.3) is 0 Å². The highest BCUT2D eigenvalue weighted by atomic mass is 16.2. The van der Waals surface area contributed by atoms with Crippen LogP contribution >= 0.6 is 0 Å². The van der Waals surface area contributed by atoms with Gasteiger partial charge in [0.05, 0.1) is 6.04 Å². The first kappa shape index (κ1) is 24.0. The number of pyridine rings is 2. The van der Waals surface area contributed by atoms with E-state index in [0.29, 0.717) is 13.1 Å². The highest BCUT2D eigenvalue weighted by molar-refractivity contribution is 5.99. The van der Waals surface area contributed by atoms with Gasteiger partial charge in [-0.1, -0.05) is 49.6 Å². The van der Waals surface area contributed by atoms with Crippen molar-refractivity contribution < 1.29 is 9.59 Å². The van der Waals surface area contributed by atoms with E-state index in [4.69, 9.17) is 0 Å². The molecule has 2 fully saturated rings. The van der Waals surface area contributed by atoms with E-state index in [-0.39, 0.29) is 23.1 Å². The van der Waals surface area contributed by atoms with E-state index in [1.54, 1.807) is 29.7 Å². The quantitative estimate of drug-likeness (QED) is 0.558. The van der Waals surface area contributed by atoms with Crippen molar-refractivity contribution in [2.75, 3.05) is 13.1 Å². The van der Waals surface area contributed by atoms with Gasteiger partial charge in [0, 0.05) is 43.9 Å². The van der Waals surface area contributed by atoms with Crippen LogP contribution in [0.2, 0.25) is 0 Å². The largest absolute Gasteiger partial charge is 0.349 e. The number of carbonyl (C=O) groups is 2. The molecule has 2 amide bonds. The molecule has 2 aromatic heterocycles. The van der Waals surface area contributed by atoms with E-state index in [9.17, 15) is 14.4 Å². The molecule has 1 aliphatic carbocycles. The fourth-order valence-corrected chi connectivity index (χ4v) is 5.36. The molecule has 2 aliphatic rings. The summed E-state index contributed by atoms with van der Waals surface area (Å²) in [6, 6.07) is 13.1. The Labute approximate surface area is 211 Å². The first-order chi connectivity index (χ1) is 17.6. The molecule has 1 atom stereocenters. The first-order valence-corrected chi connectivity index (χ1v) is 12.9. The predicted molar refractivity (Wildman–Crippen MR) is 138 cm³/mol. The van der Waals surface area contributed by atoms with Gasteiger partial charge in [-0.05, 0) is 48.9 Å². The lowest BCUT2D eigenvalue weighted by atomic mass is 9.94. The Kier molecular flexibility index (Phi) is 7.26. The maximum absolute atomic E-state index is 13.7. The summed E-state index contributed by atoms with van der Waals surface area (Å²) in [4.78, 5) is 46.4. The highest BCUT2D eigenvalue weighted by Gasteiger charge is 2.28. The average molecular weight is 485 g/mol. The van der Waals surface area contributed by atoms with Gasteiger partial charge in [-0.2, -0.15) is 0 Å². The highest BCUT2D eigenvalue weighted by Crippen LogP contribution is 2.29. The third-order valence-electron chi connectivity index (χ3n) is 7.36. The van der Waals surface area contributed by atoms with Crippen LogP contribution in [0.3, 0.4) is 0 Å². The van der Waals surface area contributed by atoms with Crippen molar-refractivity contribution in [2.24, 2.45) is 0 Å². The van der Waals surface area contributed by atoms with Gasteiger partial charge in [0.2, 0.25) is 5.43 Å². The summed E-state index contributed by atoms with van der Waals surface area (Å²) in [5, 5.41) is 3.07. The van der Waals surface area contributed by atoms with Crippen LogP contribution in [0, 0.1) is 0 Å². The molecular formula is C29H32N4O3. The molecule has 1 saturated carbocycles. The van der Waals surface area contributed by atoms with Gasteiger partial charge < -0.3 is 14.8 Å². The van der Waals surface area contributed by atoms with E-state index in [1.165, 1.54) is 6.42 Å². The SMILES string of the molecule is O=C(N[C@H](c1ccccc1)c1ccncc1)c1cn(C2CCCCC2)cc(C(=O)N2CCCC2)c1=O. The molecular weight excluding hydrogens is 452 g/mol. The Morgan fingerprint density at radius 1 is 0.833 bits per heavy atom. The van der Waals surface area contributed by atoms with Gasteiger partial charge in [0.1, 0.15) is 11.1 Å². The zero-order chi connectivity index (χ0) is 24.9. The Balaban J connectivity index is 1.53. The molecule has 7 nitrogen and oxygen atoms in total. The van der Waals surface area contributed by atoms with Gasteiger partial charge in [-0.15, -0.1) is 0 Å². The van der Waals surface area contributed by atoms with Crippen molar-refractivity contribution in [2.45, 2.75) is 57.0 Å². The maximum Gasteiger partial charge on any atom is 0.259 e. The first-order valence-electron chi connectivity index (χ1n) is 12.9. The van der Waals surface area contributed by atoms with Crippen LogP contribution < -0.4 is 10.7 Å². The van der Waals surface area contributed by atoms with Gasteiger partial charge in [0.15, 0.2) is 0 Å². The smallest absolute Gasteiger partial charge is 0.259 e. The number of aromatic nitrogens is 2. The molecule has 0 radical (unpaired) electrons. The van der Waals surface area contributed by atoms with E-state index in [0.717, 1.165) is 49.7 Å².